The van der Waals surface area contributed by atoms with Gasteiger partial charge in [0.05, 0.1) is 5.02 Å². The van der Waals surface area contributed by atoms with Crippen LogP contribution < -0.4 is 4.74 Å². The van der Waals surface area contributed by atoms with Gasteiger partial charge in [-0.2, -0.15) is 0 Å². The molecular weight excluding hydrogens is 219 g/mol. The lowest BCUT2D eigenvalue weighted by Gasteiger charge is -2.14. The Kier molecular flexibility index (Phi) is 4.36. The van der Waals surface area contributed by atoms with Gasteiger partial charge in [0.1, 0.15) is 11.6 Å². The van der Waals surface area contributed by atoms with Crippen LogP contribution in [0.15, 0.2) is 12.1 Å². The first kappa shape index (κ1) is 12.3. The lowest BCUT2D eigenvalue weighted by molar-refractivity contribution is 0.0500. The third-order valence-corrected chi connectivity index (χ3v) is 2.30. The van der Waals surface area contributed by atoms with Gasteiger partial charge in [0.2, 0.25) is 0 Å². The van der Waals surface area contributed by atoms with Crippen molar-refractivity contribution < 1.29 is 13.9 Å². The summed E-state index contributed by atoms with van der Waals surface area (Å²) in [5, 5.41) is 0.114. The Hall–Kier alpha value is -0.800. The monoisotopic (exact) mass is 232 g/mol. The number of hydrogen-bond donors (Lipinski definition) is 0. The van der Waals surface area contributed by atoms with Crippen molar-refractivity contribution in [3.05, 3.63) is 28.5 Å². The first-order chi connectivity index (χ1) is 7.06. The first-order valence-electron chi connectivity index (χ1n) is 4.67. The number of benzene rings is 1. The summed E-state index contributed by atoms with van der Waals surface area (Å²) in [6, 6.07) is 2.88. The van der Waals surface area contributed by atoms with E-state index in [9.17, 15) is 4.39 Å². The Morgan fingerprint density at radius 3 is 2.60 bits per heavy atom. The minimum absolute atomic E-state index is 0.0980. The fourth-order valence-corrected chi connectivity index (χ4v) is 1.41. The molecule has 0 unspecified atom stereocenters. The van der Waals surface area contributed by atoms with Gasteiger partial charge in [0.25, 0.3) is 0 Å². The molecule has 0 N–H and O–H groups in total. The molecule has 84 valence electrons. The maximum Gasteiger partial charge on any atom is 0.188 e. The molecule has 0 atom stereocenters. The van der Waals surface area contributed by atoms with Crippen molar-refractivity contribution in [1.82, 2.24) is 0 Å². The molecule has 0 heterocycles. The van der Waals surface area contributed by atoms with Crippen LogP contribution in [0.5, 0.6) is 5.75 Å². The van der Waals surface area contributed by atoms with E-state index in [2.05, 4.69) is 0 Å². The van der Waals surface area contributed by atoms with Gasteiger partial charge in [-0.15, -0.1) is 0 Å². The van der Waals surface area contributed by atoms with E-state index in [1.807, 2.05) is 13.8 Å². The number of rotatable bonds is 4. The van der Waals surface area contributed by atoms with Gasteiger partial charge >= 0.3 is 0 Å². The number of hydrogen-bond acceptors (Lipinski definition) is 2. The molecule has 1 aromatic rings. The van der Waals surface area contributed by atoms with Gasteiger partial charge in [0.15, 0.2) is 6.79 Å². The molecule has 0 saturated heterocycles. The van der Waals surface area contributed by atoms with Gasteiger partial charge in [-0.25, -0.2) is 4.39 Å². The van der Waals surface area contributed by atoms with Gasteiger partial charge in [0, 0.05) is 13.2 Å². The van der Waals surface area contributed by atoms with E-state index in [1.165, 1.54) is 13.2 Å². The summed E-state index contributed by atoms with van der Waals surface area (Å²) in [5.41, 5.74) is 0.874. The maximum atomic E-state index is 13.2. The number of methoxy groups -OCH3 is 1. The molecule has 0 aliphatic heterocycles. The fourth-order valence-electron chi connectivity index (χ4n) is 1.24. The Morgan fingerprint density at radius 2 is 2.07 bits per heavy atom. The molecule has 0 fully saturated rings. The molecule has 0 aliphatic rings. The predicted octanol–water partition coefficient (Wildman–Crippen LogP) is 3.59. The number of halogens is 2. The zero-order valence-electron chi connectivity index (χ0n) is 9.01. The van der Waals surface area contributed by atoms with Gasteiger partial charge < -0.3 is 9.47 Å². The molecule has 4 heteroatoms. The highest BCUT2D eigenvalue weighted by Gasteiger charge is 2.12. The molecule has 0 radical (unpaired) electrons. The van der Waals surface area contributed by atoms with E-state index in [0.717, 1.165) is 5.56 Å². The van der Waals surface area contributed by atoms with E-state index in [4.69, 9.17) is 21.1 Å². The third-order valence-electron chi connectivity index (χ3n) is 2.01. The molecule has 0 aliphatic carbocycles. The van der Waals surface area contributed by atoms with Crippen molar-refractivity contribution in [2.45, 2.75) is 19.8 Å². The molecule has 0 spiro atoms. The van der Waals surface area contributed by atoms with Crippen LogP contribution in [0, 0.1) is 5.82 Å². The smallest absolute Gasteiger partial charge is 0.188 e. The second-order valence-electron chi connectivity index (χ2n) is 3.51. The standard InChI is InChI=1S/C11H14ClFO2/c1-7(2)8-4-9(12)10(13)5-11(8)15-6-14-3/h4-5,7H,6H2,1-3H3. The fraction of sp³-hybridized carbons (Fsp3) is 0.455. The summed E-state index contributed by atoms with van der Waals surface area (Å²) in [6.45, 7) is 4.08. The van der Waals surface area contributed by atoms with Crippen molar-refractivity contribution in [1.29, 1.82) is 0 Å². The van der Waals surface area contributed by atoms with Crippen LogP contribution >= 0.6 is 11.6 Å². The largest absolute Gasteiger partial charge is 0.467 e. The Labute approximate surface area is 94.0 Å². The quantitative estimate of drug-likeness (QED) is 0.739. The molecule has 2 nitrogen and oxygen atoms in total. The lowest BCUT2D eigenvalue weighted by atomic mass is 10.0. The highest BCUT2D eigenvalue weighted by Crippen LogP contribution is 2.31. The molecule has 0 aromatic heterocycles. The molecule has 0 bridgehead atoms. The second-order valence-corrected chi connectivity index (χ2v) is 3.92. The van der Waals surface area contributed by atoms with Crippen LogP contribution in [-0.4, -0.2) is 13.9 Å². The minimum Gasteiger partial charge on any atom is -0.467 e. The second kappa shape index (κ2) is 5.33. The Morgan fingerprint density at radius 1 is 1.40 bits per heavy atom. The van der Waals surface area contributed by atoms with Crippen LogP contribution in [-0.2, 0) is 4.74 Å². The summed E-state index contributed by atoms with van der Waals surface area (Å²) < 4.78 is 23.2. The summed E-state index contributed by atoms with van der Waals surface area (Å²) in [4.78, 5) is 0. The summed E-state index contributed by atoms with van der Waals surface area (Å²) >= 11 is 5.70. The van der Waals surface area contributed by atoms with E-state index in [0.29, 0.717) is 5.75 Å². The van der Waals surface area contributed by atoms with E-state index < -0.39 is 5.82 Å². The van der Waals surface area contributed by atoms with Gasteiger partial charge in [-0.3, -0.25) is 0 Å². The highest BCUT2D eigenvalue weighted by molar-refractivity contribution is 6.30. The average Bonchev–Trinajstić information content (AvgIpc) is 2.19. The van der Waals surface area contributed by atoms with E-state index in [-0.39, 0.29) is 17.7 Å². The van der Waals surface area contributed by atoms with Gasteiger partial charge in [-0.1, -0.05) is 25.4 Å². The van der Waals surface area contributed by atoms with Crippen LogP contribution in [0.1, 0.15) is 25.3 Å². The summed E-state index contributed by atoms with van der Waals surface area (Å²) in [5.74, 6) is 0.218. The van der Waals surface area contributed by atoms with Crippen molar-refractivity contribution >= 4 is 11.6 Å². The first-order valence-corrected chi connectivity index (χ1v) is 5.04. The van der Waals surface area contributed by atoms with Crippen LogP contribution in [0.4, 0.5) is 4.39 Å². The lowest BCUT2D eigenvalue weighted by Crippen LogP contribution is -2.03. The minimum atomic E-state index is -0.479. The van der Waals surface area contributed by atoms with Gasteiger partial charge in [-0.05, 0) is 17.5 Å². The van der Waals surface area contributed by atoms with Crippen molar-refractivity contribution in [3.63, 3.8) is 0 Å². The van der Waals surface area contributed by atoms with Crippen LogP contribution in [0.3, 0.4) is 0 Å². The predicted molar refractivity (Wildman–Crippen MR) is 58.0 cm³/mol. The molecule has 0 saturated carbocycles. The normalized spacial score (nSPS) is 10.8. The Balaban J connectivity index is 3.04. The number of ether oxygens (including phenoxy) is 2. The van der Waals surface area contributed by atoms with Crippen molar-refractivity contribution in [2.24, 2.45) is 0 Å². The molecule has 0 amide bonds. The molecule has 1 aromatic carbocycles. The Bertz CT molecular complexity index is 340. The SMILES string of the molecule is COCOc1cc(F)c(Cl)cc1C(C)C. The average molecular weight is 233 g/mol. The highest BCUT2D eigenvalue weighted by atomic mass is 35.5. The summed E-state index contributed by atoms with van der Waals surface area (Å²) in [7, 11) is 1.52. The van der Waals surface area contributed by atoms with Crippen molar-refractivity contribution in [2.75, 3.05) is 13.9 Å². The zero-order chi connectivity index (χ0) is 11.4. The molecule has 1 rings (SSSR count). The molecule has 15 heavy (non-hydrogen) atoms. The third kappa shape index (κ3) is 3.08. The van der Waals surface area contributed by atoms with E-state index in [1.54, 1.807) is 6.07 Å². The zero-order valence-corrected chi connectivity index (χ0v) is 9.77. The van der Waals surface area contributed by atoms with Crippen LogP contribution in [0.25, 0.3) is 0 Å². The van der Waals surface area contributed by atoms with Crippen molar-refractivity contribution in [3.8, 4) is 5.75 Å². The van der Waals surface area contributed by atoms with Crippen LogP contribution in [0.2, 0.25) is 5.02 Å². The summed E-state index contributed by atoms with van der Waals surface area (Å²) in [6.07, 6.45) is 0. The molecular formula is C11H14ClFO2. The maximum absolute atomic E-state index is 13.2. The van der Waals surface area contributed by atoms with E-state index >= 15 is 0 Å². The topological polar surface area (TPSA) is 18.5 Å².